The van der Waals surface area contributed by atoms with Gasteiger partial charge in [0.05, 0.1) is 15.6 Å². The zero-order valence-corrected chi connectivity index (χ0v) is 15.2. The Bertz CT molecular complexity index is 784. The molecular formula is C18H18Cl2N4O. The fraction of sp³-hybridized carbons (Fsp3) is 0.389. The lowest BCUT2D eigenvalue weighted by atomic mass is 10.2. The molecule has 0 unspecified atom stereocenters. The Morgan fingerprint density at radius 2 is 1.68 bits per heavy atom. The van der Waals surface area contributed by atoms with Crippen LogP contribution in [-0.4, -0.2) is 47.0 Å². The number of benzene rings is 1. The lowest BCUT2D eigenvalue weighted by molar-refractivity contribution is 0.0746. The predicted octanol–water partition coefficient (Wildman–Crippen LogP) is 3.62. The van der Waals surface area contributed by atoms with Gasteiger partial charge >= 0.3 is 0 Å². The summed E-state index contributed by atoms with van der Waals surface area (Å²) in [4.78, 5) is 25.4. The van der Waals surface area contributed by atoms with Crippen LogP contribution in [0.2, 0.25) is 10.0 Å². The van der Waals surface area contributed by atoms with Crippen molar-refractivity contribution in [3.05, 3.63) is 52.0 Å². The van der Waals surface area contributed by atoms with E-state index in [4.69, 9.17) is 23.2 Å². The van der Waals surface area contributed by atoms with Crippen LogP contribution < -0.4 is 4.90 Å². The molecule has 2 aliphatic rings. The highest BCUT2D eigenvalue weighted by molar-refractivity contribution is 6.42. The van der Waals surface area contributed by atoms with Crippen molar-refractivity contribution in [2.75, 3.05) is 31.1 Å². The van der Waals surface area contributed by atoms with Crippen molar-refractivity contribution >= 4 is 34.8 Å². The predicted molar refractivity (Wildman–Crippen MR) is 98.6 cm³/mol. The van der Waals surface area contributed by atoms with Crippen molar-refractivity contribution in [1.29, 1.82) is 0 Å². The summed E-state index contributed by atoms with van der Waals surface area (Å²) in [5.74, 6) is 1.36. The molecule has 1 aromatic carbocycles. The van der Waals surface area contributed by atoms with Gasteiger partial charge in [0.2, 0.25) is 0 Å². The average Bonchev–Trinajstić information content (AvgIpc) is 3.49. The second kappa shape index (κ2) is 6.81. The normalized spacial score (nSPS) is 17.7. The van der Waals surface area contributed by atoms with E-state index in [2.05, 4.69) is 14.9 Å². The first kappa shape index (κ1) is 16.6. The third-order valence-electron chi connectivity index (χ3n) is 4.70. The number of aromatic nitrogens is 2. The van der Waals surface area contributed by atoms with Crippen molar-refractivity contribution in [1.82, 2.24) is 14.9 Å². The van der Waals surface area contributed by atoms with E-state index in [-0.39, 0.29) is 5.91 Å². The van der Waals surface area contributed by atoms with Crippen molar-refractivity contribution in [2.45, 2.75) is 18.8 Å². The van der Waals surface area contributed by atoms with Crippen molar-refractivity contribution in [3.63, 3.8) is 0 Å². The molecule has 1 saturated carbocycles. The van der Waals surface area contributed by atoms with Gasteiger partial charge < -0.3 is 9.80 Å². The van der Waals surface area contributed by atoms with Gasteiger partial charge in [-0.3, -0.25) is 4.79 Å². The number of hydrogen-bond donors (Lipinski definition) is 0. The smallest absolute Gasteiger partial charge is 0.257 e. The summed E-state index contributed by atoms with van der Waals surface area (Å²) in [5, 5.41) is 1.10. The molecule has 1 amide bonds. The van der Waals surface area contributed by atoms with Crippen molar-refractivity contribution in [3.8, 4) is 0 Å². The number of anilines is 1. The lowest BCUT2D eigenvalue weighted by Gasteiger charge is -2.36. The van der Waals surface area contributed by atoms with Crippen molar-refractivity contribution in [2.24, 2.45) is 0 Å². The topological polar surface area (TPSA) is 49.3 Å². The molecule has 7 heteroatoms. The lowest BCUT2D eigenvalue weighted by Crippen LogP contribution is -2.48. The summed E-state index contributed by atoms with van der Waals surface area (Å²) >= 11 is 12.1. The largest absolute Gasteiger partial charge is 0.368 e. The van der Waals surface area contributed by atoms with Crippen LogP contribution in [0.4, 0.5) is 5.69 Å². The molecule has 4 rings (SSSR count). The van der Waals surface area contributed by atoms with E-state index in [1.807, 2.05) is 17.0 Å². The molecule has 25 heavy (non-hydrogen) atoms. The summed E-state index contributed by atoms with van der Waals surface area (Å²) in [6.45, 7) is 2.82. The van der Waals surface area contributed by atoms with E-state index in [1.54, 1.807) is 18.5 Å². The highest BCUT2D eigenvalue weighted by atomic mass is 35.5. The van der Waals surface area contributed by atoms with Crippen LogP contribution in [0.25, 0.3) is 0 Å². The Hall–Kier alpha value is -1.85. The van der Waals surface area contributed by atoms with Crippen LogP contribution in [0, 0.1) is 0 Å². The van der Waals surface area contributed by atoms with Crippen LogP contribution in [0.3, 0.4) is 0 Å². The molecule has 0 N–H and O–H groups in total. The first-order valence-electron chi connectivity index (χ1n) is 8.43. The van der Waals surface area contributed by atoms with E-state index < -0.39 is 0 Å². The molecule has 1 aliphatic heterocycles. The summed E-state index contributed by atoms with van der Waals surface area (Å²) in [6, 6.07) is 5.62. The third-order valence-corrected chi connectivity index (χ3v) is 5.44. The number of hydrogen-bond acceptors (Lipinski definition) is 4. The molecule has 1 aliphatic carbocycles. The van der Waals surface area contributed by atoms with Crippen molar-refractivity contribution < 1.29 is 4.79 Å². The Morgan fingerprint density at radius 3 is 2.28 bits per heavy atom. The SMILES string of the molecule is O=C(c1cnc(C2CC2)nc1)N1CCN(c2ccc(Cl)c(Cl)c2)CC1. The zero-order valence-electron chi connectivity index (χ0n) is 13.7. The highest BCUT2D eigenvalue weighted by Gasteiger charge is 2.27. The molecule has 0 spiro atoms. The number of amides is 1. The molecular weight excluding hydrogens is 359 g/mol. The molecule has 1 saturated heterocycles. The second-order valence-corrected chi connectivity index (χ2v) is 7.30. The van der Waals surface area contributed by atoms with Gasteiger partial charge in [0, 0.05) is 50.2 Å². The molecule has 2 heterocycles. The van der Waals surface area contributed by atoms with Crippen LogP contribution >= 0.6 is 23.2 Å². The Kier molecular flexibility index (Phi) is 4.52. The molecule has 0 radical (unpaired) electrons. The summed E-state index contributed by atoms with van der Waals surface area (Å²) in [7, 11) is 0. The monoisotopic (exact) mass is 376 g/mol. The van der Waals surface area contributed by atoms with E-state index in [0.29, 0.717) is 34.6 Å². The fourth-order valence-electron chi connectivity index (χ4n) is 3.03. The second-order valence-electron chi connectivity index (χ2n) is 6.48. The highest BCUT2D eigenvalue weighted by Crippen LogP contribution is 2.37. The van der Waals surface area contributed by atoms with Crippen LogP contribution in [0.15, 0.2) is 30.6 Å². The molecule has 0 atom stereocenters. The van der Waals surface area contributed by atoms with Gasteiger partial charge in [-0.25, -0.2) is 9.97 Å². The zero-order chi connectivity index (χ0) is 17.4. The van der Waals surface area contributed by atoms with Crippen LogP contribution in [-0.2, 0) is 0 Å². The third kappa shape index (κ3) is 3.58. The summed E-state index contributed by atoms with van der Waals surface area (Å²) in [5.41, 5.74) is 1.59. The maximum absolute atomic E-state index is 12.6. The van der Waals surface area contributed by atoms with Gasteiger partial charge in [0.1, 0.15) is 5.82 Å². The van der Waals surface area contributed by atoms with Gasteiger partial charge in [-0.1, -0.05) is 23.2 Å². The minimum atomic E-state index is -0.00358. The van der Waals surface area contributed by atoms with Gasteiger partial charge in [-0.15, -0.1) is 0 Å². The van der Waals surface area contributed by atoms with E-state index >= 15 is 0 Å². The number of carbonyl (C=O) groups is 1. The van der Waals surface area contributed by atoms with Gasteiger partial charge in [0.15, 0.2) is 0 Å². The quantitative estimate of drug-likeness (QED) is 0.820. The van der Waals surface area contributed by atoms with Crippen LogP contribution in [0.1, 0.15) is 34.9 Å². The van der Waals surface area contributed by atoms with Gasteiger partial charge in [-0.05, 0) is 31.0 Å². The first-order valence-corrected chi connectivity index (χ1v) is 9.18. The number of halogens is 2. The Morgan fingerprint density at radius 1 is 1.00 bits per heavy atom. The maximum Gasteiger partial charge on any atom is 0.257 e. The van der Waals surface area contributed by atoms with Gasteiger partial charge in [-0.2, -0.15) is 0 Å². The number of carbonyl (C=O) groups excluding carboxylic acids is 1. The maximum atomic E-state index is 12.6. The van der Waals surface area contributed by atoms with Crippen LogP contribution in [0.5, 0.6) is 0 Å². The Labute approximate surface area is 156 Å². The summed E-state index contributed by atoms with van der Waals surface area (Å²) < 4.78 is 0. The molecule has 130 valence electrons. The van der Waals surface area contributed by atoms with Gasteiger partial charge in [0.25, 0.3) is 5.91 Å². The minimum Gasteiger partial charge on any atom is -0.368 e. The first-order chi connectivity index (χ1) is 12.1. The minimum absolute atomic E-state index is 0.00358. The molecule has 5 nitrogen and oxygen atoms in total. The van der Waals surface area contributed by atoms with E-state index in [0.717, 1.165) is 37.4 Å². The Balaban J connectivity index is 1.38. The number of piperazine rings is 1. The molecule has 0 bridgehead atoms. The number of rotatable bonds is 3. The standard InChI is InChI=1S/C18H18Cl2N4O/c19-15-4-3-14(9-16(15)20)23-5-7-24(8-6-23)18(25)13-10-21-17(22-11-13)12-1-2-12/h3-4,9-12H,1-2,5-8H2. The molecule has 1 aromatic heterocycles. The number of nitrogens with zero attached hydrogens (tertiary/aromatic N) is 4. The van der Waals surface area contributed by atoms with E-state index in [9.17, 15) is 4.79 Å². The molecule has 2 fully saturated rings. The average molecular weight is 377 g/mol. The van der Waals surface area contributed by atoms with E-state index in [1.165, 1.54) is 0 Å². The summed E-state index contributed by atoms with van der Waals surface area (Å²) in [6.07, 6.45) is 5.64. The fourth-order valence-corrected chi connectivity index (χ4v) is 3.33. The molecule has 2 aromatic rings.